The average Bonchev–Trinajstić information content (AvgIpc) is 3.24. The quantitative estimate of drug-likeness (QED) is 0.820. The number of benzene rings is 1. The lowest BCUT2D eigenvalue weighted by Crippen LogP contribution is -2.42. The van der Waals surface area contributed by atoms with Crippen molar-refractivity contribution in [3.05, 3.63) is 24.3 Å². The second kappa shape index (κ2) is 7.98. The molecule has 142 valence electrons. The fourth-order valence-corrected chi connectivity index (χ4v) is 4.30. The van der Waals surface area contributed by atoms with Crippen LogP contribution >= 0.6 is 0 Å². The molecule has 0 saturated heterocycles. The second-order valence-corrected chi connectivity index (χ2v) is 7.83. The number of fused-ring (bicyclic) bond motifs is 2. The first kappa shape index (κ1) is 18.5. The molecule has 2 N–H and O–H groups in total. The van der Waals surface area contributed by atoms with Gasteiger partial charge in [-0.3, -0.25) is 4.79 Å². The Hall–Kier alpha value is -2.24. The lowest BCUT2D eigenvalue weighted by molar-refractivity contribution is -0.130. The van der Waals surface area contributed by atoms with Gasteiger partial charge in [0.05, 0.1) is 0 Å². The molecule has 0 aliphatic heterocycles. The smallest absolute Gasteiger partial charge is 0.319 e. The van der Waals surface area contributed by atoms with Crippen LogP contribution in [0.25, 0.3) is 0 Å². The zero-order valence-electron chi connectivity index (χ0n) is 15.8. The first-order valence-corrected chi connectivity index (χ1v) is 9.43. The van der Waals surface area contributed by atoms with Crippen LogP contribution in [-0.2, 0) is 4.79 Å². The average molecular weight is 359 g/mol. The molecule has 3 rings (SSSR count). The number of ether oxygens (including phenoxy) is 1. The maximum atomic E-state index is 12.3. The van der Waals surface area contributed by atoms with E-state index < -0.39 is 0 Å². The Morgan fingerprint density at radius 3 is 2.50 bits per heavy atom. The van der Waals surface area contributed by atoms with Crippen molar-refractivity contribution in [2.24, 2.45) is 17.8 Å². The second-order valence-electron chi connectivity index (χ2n) is 7.83. The summed E-state index contributed by atoms with van der Waals surface area (Å²) in [5.74, 6) is 2.79. The van der Waals surface area contributed by atoms with Gasteiger partial charge in [0.1, 0.15) is 5.75 Å². The van der Waals surface area contributed by atoms with Crippen LogP contribution in [0.5, 0.6) is 5.75 Å². The van der Waals surface area contributed by atoms with Crippen molar-refractivity contribution < 1.29 is 14.3 Å². The molecule has 1 aromatic rings. The van der Waals surface area contributed by atoms with Crippen LogP contribution in [0.15, 0.2) is 24.3 Å². The number of nitrogens with zero attached hydrogens (tertiary/aromatic N) is 1. The van der Waals surface area contributed by atoms with Crippen LogP contribution in [0.1, 0.15) is 32.6 Å². The van der Waals surface area contributed by atoms with Crippen LogP contribution < -0.4 is 15.4 Å². The highest BCUT2D eigenvalue weighted by Crippen LogP contribution is 2.49. The van der Waals surface area contributed by atoms with E-state index in [-0.39, 0.29) is 24.6 Å². The zero-order valence-corrected chi connectivity index (χ0v) is 15.8. The van der Waals surface area contributed by atoms with E-state index in [0.717, 1.165) is 11.8 Å². The van der Waals surface area contributed by atoms with E-state index >= 15 is 0 Å². The van der Waals surface area contributed by atoms with Crippen LogP contribution in [0.4, 0.5) is 10.5 Å². The Kier molecular flexibility index (Phi) is 5.69. The van der Waals surface area contributed by atoms with Gasteiger partial charge < -0.3 is 20.3 Å². The first-order valence-electron chi connectivity index (χ1n) is 9.43. The molecule has 1 aromatic carbocycles. The number of hydrogen-bond donors (Lipinski definition) is 2. The van der Waals surface area contributed by atoms with Crippen molar-refractivity contribution in [1.82, 2.24) is 10.2 Å². The summed E-state index contributed by atoms with van der Waals surface area (Å²) in [6.45, 7) is 2.12. The van der Waals surface area contributed by atoms with Crippen LogP contribution in [0.3, 0.4) is 0 Å². The molecule has 0 aromatic heterocycles. The summed E-state index contributed by atoms with van der Waals surface area (Å²) in [5.41, 5.74) is 0.703. The van der Waals surface area contributed by atoms with E-state index in [1.807, 2.05) is 0 Å². The summed E-state index contributed by atoms with van der Waals surface area (Å²) < 4.78 is 5.43. The number of hydrogen-bond acceptors (Lipinski definition) is 3. The largest absolute Gasteiger partial charge is 0.484 e. The SMILES string of the molecule is C[C@@H](NC(=O)Nc1ccc(OCC(=O)N(C)C)cc1)[C@@H]1C[C@H]2CC[C@H]1C2. The van der Waals surface area contributed by atoms with Crippen molar-refractivity contribution >= 4 is 17.6 Å². The van der Waals surface area contributed by atoms with Crippen molar-refractivity contribution in [2.45, 2.75) is 38.6 Å². The maximum Gasteiger partial charge on any atom is 0.319 e. The topological polar surface area (TPSA) is 70.7 Å². The third-order valence-corrected chi connectivity index (χ3v) is 5.77. The molecule has 0 unspecified atom stereocenters. The predicted molar refractivity (Wildman–Crippen MR) is 101 cm³/mol. The number of anilines is 1. The number of rotatable bonds is 6. The monoisotopic (exact) mass is 359 g/mol. The summed E-state index contributed by atoms with van der Waals surface area (Å²) in [6.07, 6.45) is 5.29. The highest BCUT2D eigenvalue weighted by Gasteiger charge is 2.42. The zero-order chi connectivity index (χ0) is 18.7. The van der Waals surface area contributed by atoms with Crippen LogP contribution in [-0.4, -0.2) is 43.6 Å². The fraction of sp³-hybridized carbons (Fsp3) is 0.600. The molecule has 26 heavy (non-hydrogen) atoms. The van der Waals surface area contributed by atoms with Gasteiger partial charge in [0.15, 0.2) is 6.61 Å². The molecule has 0 spiro atoms. The van der Waals surface area contributed by atoms with Gasteiger partial charge in [-0.1, -0.05) is 6.42 Å². The van der Waals surface area contributed by atoms with Gasteiger partial charge in [-0.2, -0.15) is 0 Å². The Morgan fingerprint density at radius 1 is 1.19 bits per heavy atom. The van der Waals surface area contributed by atoms with Gasteiger partial charge in [-0.15, -0.1) is 0 Å². The molecular weight excluding hydrogens is 330 g/mol. The molecule has 6 heteroatoms. The van der Waals surface area contributed by atoms with Gasteiger partial charge >= 0.3 is 6.03 Å². The molecule has 3 amide bonds. The minimum atomic E-state index is -0.170. The van der Waals surface area contributed by atoms with Gasteiger partial charge in [0.2, 0.25) is 0 Å². The molecule has 6 nitrogen and oxygen atoms in total. The number of likely N-dealkylation sites (N-methyl/N-ethyl adjacent to an activating group) is 1. The van der Waals surface area contributed by atoms with Crippen molar-refractivity contribution in [3.8, 4) is 5.75 Å². The minimum Gasteiger partial charge on any atom is -0.484 e. The number of amides is 3. The fourth-order valence-electron chi connectivity index (χ4n) is 4.30. The van der Waals surface area contributed by atoms with E-state index in [1.165, 1.54) is 30.6 Å². The molecule has 2 saturated carbocycles. The van der Waals surface area contributed by atoms with Gasteiger partial charge in [-0.25, -0.2) is 4.79 Å². The number of carbonyl (C=O) groups excluding carboxylic acids is 2. The Balaban J connectivity index is 1.44. The van der Waals surface area contributed by atoms with E-state index in [0.29, 0.717) is 17.4 Å². The highest BCUT2D eigenvalue weighted by atomic mass is 16.5. The molecule has 2 aliphatic carbocycles. The number of urea groups is 1. The summed E-state index contributed by atoms with van der Waals surface area (Å²) >= 11 is 0. The molecule has 2 aliphatic rings. The van der Waals surface area contributed by atoms with E-state index in [4.69, 9.17) is 4.74 Å². The van der Waals surface area contributed by atoms with Gasteiger partial charge in [-0.05, 0) is 68.2 Å². The molecule has 2 bridgehead atoms. The highest BCUT2D eigenvalue weighted by molar-refractivity contribution is 5.89. The molecule has 0 heterocycles. The number of carbonyl (C=O) groups is 2. The Labute approximate surface area is 155 Å². The Morgan fingerprint density at radius 2 is 1.92 bits per heavy atom. The third-order valence-electron chi connectivity index (χ3n) is 5.77. The van der Waals surface area contributed by atoms with Crippen molar-refractivity contribution in [2.75, 3.05) is 26.0 Å². The summed E-state index contributed by atoms with van der Waals surface area (Å²) in [6, 6.07) is 7.08. The minimum absolute atomic E-state index is 0.00131. The summed E-state index contributed by atoms with van der Waals surface area (Å²) in [4.78, 5) is 25.3. The van der Waals surface area contributed by atoms with E-state index in [1.54, 1.807) is 38.4 Å². The summed E-state index contributed by atoms with van der Waals surface area (Å²) in [7, 11) is 3.38. The predicted octanol–water partition coefficient (Wildman–Crippen LogP) is 3.10. The molecule has 2 fully saturated rings. The number of nitrogens with one attached hydrogen (secondary N) is 2. The van der Waals surface area contributed by atoms with E-state index in [2.05, 4.69) is 17.6 Å². The van der Waals surface area contributed by atoms with Crippen molar-refractivity contribution in [1.29, 1.82) is 0 Å². The summed E-state index contributed by atoms with van der Waals surface area (Å²) in [5, 5.41) is 5.96. The molecule has 0 radical (unpaired) electrons. The van der Waals surface area contributed by atoms with Gasteiger partial charge in [0.25, 0.3) is 5.91 Å². The Bertz CT molecular complexity index is 644. The molecule has 4 atom stereocenters. The first-order chi connectivity index (χ1) is 12.4. The van der Waals surface area contributed by atoms with E-state index in [9.17, 15) is 9.59 Å². The lowest BCUT2D eigenvalue weighted by atomic mass is 9.84. The van der Waals surface area contributed by atoms with Crippen LogP contribution in [0.2, 0.25) is 0 Å². The molecular formula is C20H29N3O3. The normalized spacial score (nSPS) is 24.8. The third kappa shape index (κ3) is 4.48. The van der Waals surface area contributed by atoms with Crippen molar-refractivity contribution in [3.63, 3.8) is 0 Å². The standard InChI is InChI=1S/C20H29N3O3/c1-13(18-11-14-4-5-15(18)10-14)21-20(25)22-16-6-8-17(9-7-16)26-12-19(24)23(2)3/h6-9,13-15,18H,4-5,10-12H2,1-3H3,(H2,21,22,25)/t13-,14+,15+,18+/m1/s1. The lowest BCUT2D eigenvalue weighted by Gasteiger charge is -2.28. The van der Waals surface area contributed by atoms with Crippen LogP contribution in [0, 0.1) is 17.8 Å². The van der Waals surface area contributed by atoms with Gasteiger partial charge in [0, 0.05) is 25.8 Å². The maximum absolute atomic E-state index is 12.3.